The van der Waals surface area contributed by atoms with Gasteiger partial charge in [-0.3, -0.25) is 0 Å². The molecule has 0 aromatic rings. The van der Waals surface area contributed by atoms with Crippen LogP contribution in [0.1, 0.15) is 65.7 Å². The van der Waals surface area contributed by atoms with Crippen LogP contribution in [0.15, 0.2) is 0 Å². The van der Waals surface area contributed by atoms with Crippen LogP contribution in [0.5, 0.6) is 0 Å². The van der Waals surface area contributed by atoms with Gasteiger partial charge in [-0.05, 0) is 40.0 Å². The lowest BCUT2D eigenvalue weighted by molar-refractivity contribution is 0.0526. The minimum Gasteiger partial charge on any atom is -0.444 e. The van der Waals surface area contributed by atoms with Crippen LogP contribution in [0.3, 0.4) is 0 Å². The zero-order valence-corrected chi connectivity index (χ0v) is 13.9. The summed E-state index contributed by atoms with van der Waals surface area (Å²) in [6.45, 7) is 6.79. The van der Waals surface area contributed by atoms with Crippen LogP contribution in [-0.4, -0.2) is 36.9 Å². The van der Waals surface area contributed by atoms with Gasteiger partial charge in [-0.15, -0.1) is 0 Å². The van der Waals surface area contributed by atoms with Crippen molar-refractivity contribution < 1.29 is 9.53 Å². The van der Waals surface area contributed by atoms with Gasteiger partial charge in [0, 0.05) is 25.2 Å². The summed E-state index contributed by atoms with van der Waals surface area (Å²) in [6, 6.07) is 0.852. The fourth-order valence-corrected chi connectivity index (χ4v) is 2.71. The number of nitrogens with two attached hydrogens (primary N) is 1. The summed E-state index contributed by atoms with van der Waals surface area (Å²) in [5, 5.41) is 6.45. The number of carbonyl (C=O) groups excluding carboxylic acids is 1. The predicted molar refractivity (Wildman–Crippen MR) is 86.3 cm³/mol. The van der Waals surface area contributed by atoms with E-state index in [4.69, 9.17) is 10.5 Å². The Morgan fingerprint density at radius 3 is 2.38 bits per heavy atom. The van der Waals surface area contributed by atoms with Crippen molar-refractivity contribution in [3.05, 3.63) is 0 Å². The van der Waals surface area contributed by atoms with E-state index in [2.05, 4.69) is 10.6 Å². The van der Waals surface area contributed by atoms with Crippen molar-refractivity contribution in [3.63, 3.8) is 0 Å². The fraction of sp³-hybridized carbons (Fsp3) is 0.938. The average molecular weight is 299 g/mol. The second-order valence-electron chi connectivity index (χ2n) is 7.01. The van der Waals surface area contributed by atoms with Crippen LogP contribution in [0.2, 0.25) is 0 Å². The van der Waals surface area contributed by atoms with Gasteiger partial charge in [0.15, 0.2) is 0 Å². The van der Waals surface area contributed by atoms with E-state index in [9.17, 15) is 4.79 Å². The number of rotatable bonds is 6. The molecule has 0 aliphatic heterocycles. The van der Waals surface area contributed by atoms with E-state index < -0.39 is 5.60 Å². The standard InChI is InChI=1S/C16H33N3O2/c1-16(2,3)21-15(20)18-11-10-14(12-17)19-13-8-6-4-5-7-9-13/h13-14,19H,4-12,17H2,1-3H3,(H,18,20). The average Bonchev–Trinajstić information content (AvgIpc) is 2.64. The summed E-state index contributed by atoms with van der Waals surface area (Å²) in [6.07, 6.45) is 8.30. The number of ether oxygens (including phenoxy) is 1. The molecule has 0 bridgehead atoms. The van der Waals surface area contributed by atoms with E-state index in [0.717, 1.165) is 6.42 Å². The number of alkyl carbamates (subject to hydrolysis) is 1. The molecule has 1 saturated carbocycles. The van der Waals surface area contributed by atoms with Crippen LogP contribution in [0, 0.1) is 0 Å². The molecule has 5 heteroatoms. The quantitative estimate of drug-likeness (QED) is 0.659. The van der Waals surface area contributed by atoms with Crippen molar-refractivity contribution in [2.24, 2.45) is 5.73 Å². The summed E-state index contributed by atoms with van der Waals surface area (Å²) < 4.78 is 5.22. The molecule has 1 amide bonds. The van der Waals surface area contributed by atoms with E-state index in [-0.39, 0.29) is 12.1 Å². The molecule has 0 saturated heterocycles. The van der Waals surface area contributed by atoms with Gasteiger partial charge in [0.2, 0.25) is 0 Å². The topological polar surface area (TPSA) is 76.4 Å². The lowest BCUT2D eigenvalue weighted by Crippen LogP contribution is -2.44. The van der Waals surface area contributed by atoms with Crippen LogP contribution in [0.4, 0.5) is 4.79 Å². The Balaban J connectivity index is 2.22. The first-order valence-corrected chi connectivity index (χ1v) is 8.33. The third-order valence-electron chi connectivity index (χ3n) is 3.77. The molecule has 1 aliphatic rings. The Labute approximate surface area is 129 Å². The van der Waals surface area contributed by atoms with Crippen molar-refractivity contribution in [3.8, 4) is 0 Å². The molecule has 0 spiro atoms. The first kappa shape index (κ1) is 18.2. The molecule has 1 aliphatic carbocycles. The second kappa shape index (κ2) is 9.26. The first-order chi connectivity index (χ1) is 9.90. The number of hydrogen-bond acceptors (Lipinski definition) is 4. The van der Waals surface area contributed by atoms with Gasteiger partial charge in [0.05, 0.1) is 0 Å². The summed E-state index contributed by atoms with van der Waals surface area (Å²) in [7, 11) is 0. The van der Waals surface area contributed by atoms with Crippen molar-refractivity contribution in [2.45, 2.75) is 83.4 Å². The minimum atomic E-state index is -0.448. The Morgan fingerprint density at radius 2 is 1.86 bits per heavy atom. The first-order valence-electron chi connectivity index (χ1n) is 8.33. The van der Waals surface area contributed by atoms with Gasteiger partial charge in [0.25, 0.3) is 0 Å². The van der Waals surface area contributed by atoms with Gasteiger partial charge in [0.1, 0.15) is 5.60 Å². The van der Waals surface area contributed by atoms with Crippen LogP contribution in [0.25, 0.3) is 0 Å². The van der Waals surface area contributed by atoms with Crippen molar-refractivity contribution in [2.75, 3.05) is 13.1 Å². The molecule has 124 valence electrons. The van der Waals surface area contributed by atoms with E-state index in [1.807, 2.05) is 20.8 Å². The highest BCUT2D eigenvalue weighted by molar-refractivity contribution is 5.67. The van der Waals surface area contributed by atoms with Crippen molar-refractivity contribution in [1.82, 2.24) is 10.6 Å². The van der Waals surface area contributed by atoms with Gasteiger partial charge in [-0.2, -0.15) is 0 Å². The highest BCUT2D eigenvalue weighted by Gasteiger charge is 2.18. The smallest absolute Gasteiger partial charge is 0.407 e. The zero-order chi connectivity index (χ0) is 15.7. The Bertz CT molecular complexity index is 294. The summed E-state index contributed by atoms with van der Waals surface area (Å²) in [5.41, 5.74) is 5.39. The van der Waals surface area contributed by atoms with Gasteiger partial charge in [-0.25, -0.2) is 4.79 Å². The monoisotopic (exact) mass is 299 g/mol. The molecule has 0 radical (unpaired) electrons. The molecule has 0 aromatic heterocycles. The SMILES string of the molecule is CC(C)(C)OC(=O)NCCC(CN)NC1CCCCCC1. The predicted octanol–water partition coefficient (Wildman–Crippen LogP) is 2.54. The largest absolute Gasteiger partial charge is 0.444 e. The normalized spacial score (nSPS) is 18.9. The number of amides is 1. The molecule has 21 heavy (non-hydrogen) atoms. The molecular formula is C16H33N3O2. The molecule has 4 N–H and O–H groups in total. The van der Waals surface area contributed by atoms with Gasteiger partial charge < -0.3 is 21.1 Å². The van der Waals surface area contributed by atoms with Crippen LogP contribution < -0.4 is 16.4 Å². The molecular weight excluding hydrogens is 266 g/mol. The number of hydrogen-bond donors (Lipinski definition) is 3. The molecule has 5 nitrogen and oxygen atoms in total. The van der Waals surface area contributed by atoms with Crippen LogP contribution >= 0.6 is 0 Å². The molecule has 1 rings (SSSR count). The number of nitrogens with one attached hydrogen (secondary N) is 2. The minimum absolute atomic E-state index is 0.267. The molecule has 0 heterocycles. The summed E-state index contributed by atoms with van der Waals surface area (Å²) >= 11 is 0. The Morgan fingerprint density at radius 1 is 1.24 bits per heavy atom. The zero-order valence-electron chi connectivity index (χ0n) is 13.9. The van der Waals surface area contributed by atoms with Gasteiger partial charge in [-0.1, -0.05) is 25.7 Å². The Kier molecular flexibility index (Phi) is 8.04. The highest BCUT2D eigenvalue weighted by Crippen LogP contribution is 2.17. The third kappa shape index (κ3) is 8.94. The second-order valence-corrected chi connectivity index (χ2v) is 7.01. The lowest BCUT2D eigenvalue weighted by Gasteiger charge is -2.24. The van der Waals surface area contributed by atoms with Crippen molar-refractivity contribution >= 4 is 6.09 Å². The highest BCUT2D eigenvalue weighted by atomic mass is 16.6. The maximum Gasteiger partial charge on any atom is 0.407 e. The maximum atomic E-state index is 11.6. The van der Waals surface area contributed by atoms with Crippen molar-refractivity contribution in [1.29, 1.82) is 0 Å². The Hall–Kier alpha value is -0.810. The van der Waals surface area contributed by atoms with E-state index in [1.165, 1.54) is 38.5 Å². The molecule has 1 unspecified atom stereocenters. The third-order valence-corrected chi connectivity index (χ3v) is 3.77. The molecule has 0 aromatic carbocycles. The fourth-order valence-electron chi connectivity index (χ4n) is 2.71. The summed E-state index contributed by atoms with van der Waals surface area (Å²) in [5.74, 6) is 0. The van der Waals surface area contributed by atoms with Gasteiger partial charge >= 0.3 is 6.09 Å². The molecule has 1 atom stereocenters. The van der Waals surface area contributed by atoms with E-state index >= 15 is 0 Å². The van der Waals surface area contributed by atoms with E-state index in [0.29, 0.717) is 19.1 Å². The maximum absolute atomic E-state index is 11.6. The number of carbonyl (C=O) groups is 1. The van der Waals surface area contributed by atoms with Crippen LogP contribution in [-0.2, 0) is 4.74 Å². The van der Waals surface area contributed by atoms with E-state index in [1.54, 1.807) is 0 Å². The lowest BCUT2D eigenvalue weighted by atomic mass is 10.1. The summed E-state index contributed by atoms with van der Waals surface area (Å²) in [4.78, 5) is 11.6. The molecule has 1 fully saturated rings.